The molecule has 1 rings (SSSR count). The minimum atomic E-state index is -3.61. The molecule has 0 fully saturated rings. The highest BCUT2D eigenvalue weighted by atomic mass is 32.2. The van der Waals surface area contributed by atoms with Crippen molar-refractivity contribution in [2.24, 2.45) is 5.92 Å². The van der Waals surface area contributed by atoms with Crippen LogP contribution in [0.1, 0.15) is 19.4 Å². The molecule has 0 bridgehead atoms. The van der Waals surface area contributed by atoms with Gasteiger partial charge >= 0.3 is 5.97 Å². The Labute approximate surface area is 118 Å². The molecule has 0 atom stereocenters. The number of rotatable bonds is 6. The largest absolute Gasteiger partial charge is 0.478 e. The van der Waals surface area contributed by atoms with Crippen LogP contribution in [0, 0.1) is 5.92 Å². The third-order valence-electron chi connectivity index (χ3n) is 2.48. The van der Waals surface area contributed by atoms with E-state index in [2.05, 4.69) is 4.98 Å². The topological polar surface area (TPSA) is 87.6 Å². The average Bonchev–Trinajstić information content (AvgIpc) is 2.35. The van der Waals surface area contributed by atoms with Crippen molar-refractivity contribution in [1.82, 2.24) is 9.29 Å². The van der Waals surface area contributed by atoms with Gasteiger partial charge in [0.25, 0.3) is 0 Å². The molecule has 0 amide bonds. The molecular weight excluding hydrogens is 280 g/mol. The minimum absolute atomic E-state index is 0.0492. The van der Waals surface area contributed by atoms with Gasteiger partial charge in [0.05, 0.1) is 0 Å². The molecule has 6 nitrogen and oxygen atoms in total. The minimum Gasteiger partial charge on any atom is -0.478 e. The lowest BCUT2D eigenvalue weighted by Crippen LogP contribution is -2.30. The van der Waals surface area contributed by atoms with Gasteiger partial charge in [0.2, 0.25) is 10.0 Å². The monoisotopic (exact) mass is 298 g/mol. The average molecular weight is 298 g/mol. The first kappa shape index (κ1) is 16.3. The molecule has 1 N–H and O–H groups in total. The summed E-state index contributed by atoms with van der Waals surface area (Å²) < 4.78 is 25.9. The van der Waals surface area contributed by atoms with E-state index in [1.54, 1.807) is 0 Å². The number of aromatic nitrogens is 1. The number of pyridine rings is 1. The molecule has 0 saturated carbocycles. The summed E-state index contributed by atoms with van der Waals surface area (Å²) in [5.74, 6) is -0.895. The van der Waals surface area contributed by atoms with Crippen molar-refractivity contribution in [1.29, 1.82) is 0 Å². The van der Waals surface area contributed by atoms with E-state index in [9.17, 15) is 13.2 Å². The SMILES string of the molecule is CC(C)CN(C)S(=O)(=O)c1cncc(C=CC(=O)O)c1. The summed E-state index contributed by atoms with van der Waals surface area (Å²) >= 11 is 0. The number of sulfonamides is 1. The lowest BCUT2D eigenvalue weighted by atomic mass is 10.2. The molecule has 0 aliphatic rings. The summed E-state index contributed by atoms with van der Waals surface area (Å²) in [6.07, 6.45) is 4.90. The van der Waals surface area contributed by atoms with Crippen LogP contribution in [0.15, 0.2) is 29.4 Å². The molecule has 0 aliphatic heterocycles. The first-order chi connectivity index (χ1) is 9.23. The second kappa shape index (κ2) is 6.62. The second-order valence-corrected chi connectivity index (χ2v) is 6.85. The van der Waals surface area contributed by atoms with Crippen molar-refractivity contribution in [2.45, 2.75) is 18.7 Å². The summed E-state index contributed by atoms with van der Waals surface area (Å²) in [6.45, 7) is 4.25. The smallest absolute Gasteiger partial charge is 0.328 e. The van der Waals surface area contributed by atoms with E-state index in [1.807, 2.05) is 13.8 Å². The summed E-state index contributed by atoms with van der Waals surface area (Å²) in [7, 11) is -2.10. The fourth-order valence-electron chi connectivity index (χ4n) is 1.63. The molecule has 0 unspecified atom stereocenters. The fourth-order valence-corrected chi connectivity index (χ4v) is 2.96. The zero-order valence-electron chi connectivity index (χ0n) is 11.6. The molecule has 1 aromatic heterocycles. The van der Waals surface area contributed by atoms with Crippen LogP contribution in [-0.2, 0) is 14.8 Å². The Morgan fingerprint density at radius 1 is 1.45 bits per heavy atom. The molecule has 0 aliphatic carbocycles. The summed E-state index contributed by atoms with van der Waals surface area (Å²) in [6, 6.07) is 1.40. The molecule has 0 radical (unpaired) electrons. The van der Waals surface area contributed by atoms with Crippen molar-refractivity contribution < 1.29 is 18.3 Å². The van der Waals surface area contributed by atoms with Crippen LogP contribution < -0.4 is 0 Å². The maximum Gasteiger partial charge on any atom is 0.328 e. The first-order valence-corrected chi connectivity index (χ1v) is 7.50. The van der Waals surface area contributed by atoms with E-state index in [-0.39, 0.29) is 10.8 Å². The molecular formula is C13H18N2O4S. The number of carboxylic acids is 1. The van der Waals surface area contributed by atoms with Gasteiger partial charge in [-0.25, -0.2) is 17.5 Å². The van der Waals surface area contributed by atoms with Gasteiger partial charge in [-0.05, 0) is 23.6 Å². The highest BCUT2D eigenvalue weighted by Gasteiger charge is 2.21. The number of carbonyl (C=O) groups is 1. The zero-order chi connectivity index (χ0) is 15.3. The number of carboxylic acid groups (broad SMARTS) is 1. The van der Waals surface area contributed by atoms with Gasteiger partial charge in [-0.3, -0.25) is 4.98 Å². The van der Waals surface area contributed by atoms with Crippen LogP contribution >= 0.6 is 0 Å². The van der Waals surface area contributed by atoms with E-state index in [0.29, 0.717) is 12.1 Å². The Morgan fingerprint density at radius 3 is 2.65 bits per heavy atom. The standard InChI is InChI=1S/C13H18N2O4S/c1-10(2)9-15(3)20(18,19)12-6-11(7-14-8-12)4-5-13(16)17/h4-8,10H,9H2,1-3H3,(H,16,17). The predicted octanol–water partition coefficient (Wildman–Crippen LogP) is 1.46. The van der Waals surface area contributed by atoms with E-state index in [0.717, 1.165) is 6.08 Å². The van der Waals surface area contributed by atoms with Crippen LogP contribution in [0.4, 0.5) is 0 Å². The van der Waals surface area contributed by atoms with E-state index >= 15 is 0 Å². The van der Waals surface area contributed by atoms with Crippen molar-refractivity contribution >= 4 is 22.1 Å². The number of aliphatic carboxylic acids is 1. The Hall–Kier alpha value is -1.73. The number of hydrogen-bond acceptors (Lipinski definition) is 4. The van der Waals surface area contributed by atoms with Gasteiger partial charge in [-0.2, -0.15) is 0 Å². The third-order valence-corrected chi connectivity index (χ3v) is 4.27. The number of hydrogen-bond donors (Lipinski definition) is 1. The van der Waals surface area contributed by atoms with Gasteiger partial charge in [0.15, 0.2) is 0 Å². The van der Waals surface area contributed by atoms with Gasteiger partial charge in [0.1, 0.15) is 4.90 Å². The Balaban J connectivity index is 3.07. The van der Waals surface area contributed by atoms with Crippen LogP contribution in [-0.4, -0.2) is 42.4 Å². The summed E-state index contributed by atoms with van der Waals surface area (Å²) in [5, 5.41) is 8.56. The van der Waals surface area contributed by atoms with Gasteiger partial charge < -0.3 is 5.11 Å². The van der Waals surface area contributed by atoms with Crippen LogP contribution in [0.25, 0.3) is 6.08 Å². The first-order valence-electron chi connectivity index (χ1n) is 6.06. The van der Waals surface area contributed by atoms with E-state index < -0.39 is 16.0 Å². The van der Waals surface area contributed by atoms with Gasteiger partial charge in [-0.1, -0.05) is 13.8 Å². The van der Waals surface area contributed by atoms with Crippen LogP contribution in [0.3, 0.4) is 0 Å². The molecule has 20 heavy (non-hydrogen) atoms. The molecule has 0 aromatic carbocycles. The second-order valence-electron chi connectivity index (χ2n) is 4.80. The van der Waals surface area contributed by atoms with Gasteiger partial charge in [0, 0.05) is 32.1 Å². The maximum atomic E-state index is 12.3. The summed E-state index contributed by atoms with van der Waals surface area (Å²) in [5.41, 5.74) is 0.423. The van der Waals surface area contributed by atoms with E-state index in [4.69, 9.17) is 5.11 Å². The highest BCUT2D eigenvalue weighted by molar-refractivity contribution is 7.89. The highest BCUT2D eigenvalue weighted by Crippen LogP contribution is 2.16. The number of nitrogens with zero attached hydrogens (tertiary/aromatic N) is 2. The molecule has 7 heteroatoms. The zero-order valence-corrected chi connectivity index (χ0v) is 12.5. The lowest BCUT2D eigenvalue weighted by molar-refractivity contribution is -0.131. The van der Waals surface area contributed by atoms with Crippen molar-refractivity contribution in [3.05, 3.63) is 30.1 Å². The Morgan fingerprint density at radius 2 is 2.10 bits per heavy atom. The van der Waals surface area contributed by atoms with E-state index in [1.165, 1.54) is 35.9 Å². The van der Waals surface area contributed by atoms with Crippen molar-refractivity contribution in [2.75, 3.05) is 13.6 Å². The van der Waals surface area contributed by atoms with Crippen molar-refractivity contribution in [3.63, 3.8) is 0 Å². The van der Waals surface area contributed by atoms with Crippen LogP contribution in [0.5, 0.6) is 0 Å². The quantitative estimate of drug-likeness (QED) is 0.803. The predicted molar refractivity (Wildman–Crippen MR) is 75.6 cm³/mol. The summed E-state index contributed by atoms with van der Waals surface area (Å²) in [4.78, 5) is 14.3. The lowest BCUT2D eigenvalue weighted by Gasteiger charge is -2.19. The normalized spacial score (nSPS) is 12.4. The Kier molecular flexibility index (Phi) is 5.41. The third kappa shape index (κ3) is 4.43. The maximum absolute atomic E-state index is 12.3. The molecule has 1 aromatic rings. The fraction of sp³-hybridized carbons (Fsp3) is 0.385. The molecule has 110 valence electrons. The Bertz CT molecular complexity index is 609. The van der Waals surface area contributed by atoms with Crippen LogP contribution in [0.2, 0.25) is 0 Å². The molecule has 1 heterocycles. The molecule has 0 saturated heterocycles. The van der Waals surface area contributed by atoms with Gasteiger partial charge in [-0.15, -0.1) is 0 Å². The van der Waals surface area contributed by atoms with Crippen molar-refractivity contribution in [3.8, 4) is 0 Å². The molecule has 0 spiro atoms.